The van der Waals surface area contributed by atoms with Crippen molar-refractivity contribution in [3.8, 4) is 0 Å². The fourth-order valence-electron chi connectivity index (χ4n) is 3.14. The van der Waals surface area contributed by atoms with Gasteiger partial charge in [0.1, 0.15) is 0 Å². The SMILES string of the molecule is CCCNC(C)C(C)(C)CN1CCCC(CC)CC1. The Balaban J connectivity index is 2.43. The Morgan fingerprint density at radius 2 is 1.95 bits per heavy atom. The van der Waals surface area contributed by atoms with Gasteiger partial charge in [0.15, 0.2) is 0 Å². The minimum absolute atomic E-state index is 0.362. The Morgan fingerprint density at radius 3 is 2.58 bits per heavy atom. The Labute approximate surface area is 121 Å². The van der Waals surface area contributed by atoms with E-state index >= 15 is 0 Å². The monoisotopic (exact) mass is 268 g/mol. The molecule has 2 nitrogen and oxygen atoms in total. The fraction of sp³-hybridized carbons (Fsp3) is 1.00. The molecule has 1 saturated heterocycles. The highest BCUT2D eigenvalue weighted by molar-refractivity contribution is 4.85. The van der Waals surface area contributed by atoms with Crippen LogP contribution < -0.4 is 5.32 Å². The first-order valence-electron chi connectivity index (χ1n) is 8.45. The van der Waals surface area contributed by atoms with Gasteiger partial charge in [0.2, 0.25) is 0 Å². The van der Waals surface area contributed by atoms with Crippen molar-refractivity contribution in [1.82, 2.24) is 10.2 Å². The second-order valence-corrected chi connectivity index (χ2v) is 7.15. The number of nitrogens with zero attached hydrogens (tertiary/aromatic N) is 1. The molecule has 2 atom stereocenters. The van der Waals surface area contributed by atoms with E-state index in [1.165, 1.54) is 51.7 Å². The third-order valence-corrected chi connectivity index (χ3v) is 5.02. The molecule has 1 fully saturated rings. The molecule has 0 amide bonds. The topological polar surface area (TPSA) is 15.3 Å². The molecule has 0 aromatic rings. The van der Waals surface area contributed by atoms with Gasteiger partial charge in [-0.15, -0.1) is 0 Å². The molecule has 1 N–H and O–H groups in total. The summed E-state index contributed by atoms with van der Waals surface area (Å²) in [4.78, 5) is 2.71. The van der Waals surface area contributed by atoms with Crippen LogP contribution in [0.5, 0.6) is 0 Å². The summed E-state index contributed by atoms with van der Waals surface area (Å²) in [7, 11) is 0. The molecule has 0 aliphatic carbocycles. The number of nitrogens with one attached hydrogen (secondary N) is 1. The molecule has 2 unspecified atom stereocenters. The maximum atomic E-state index is 3.67. The summed E-state index contributed by atoms with van der Waals surface area (Å²) in [6.07, 6.45) is 6.83. The van der Waals surface area contributed by atoms with Crippen LogP contribution in [-0.2, 0) is 0 Å². The molecule has 0 saturated carbocycles. The average Bonchev–Trinajstić information content (AvgIpc) is 2.60. The van der Waals surface area contributed by atoms with E-state index in [0.29, 0.717) is 11.5 Å². The highest BCUT2D eigenvalue weighted by Gasteiger charge is 2.28. The minimum Gasteiger partial charge on any atom is -0.314 e. The first-order chi connectivity index (χ1) is 8.99. The van der Waals surface area contributed by atoms with Gasteiger partial charge in [-0.2, -0.15) is 0 Å². The van der Waals surface area contributed by atoms with Gasteiger partial charge in [0.05, 0.1) is 0 Å². The molecule has 1 aliphatic heterocycles. The third kappa shape index (κ3) is 5.83. The van der Waals surface area contributed by atoms with Crippen molar-refractivity contribution in [3.05, 3.63) is 0 Å². The van der Waals surface area contributed by atoms with E-state index in [2.05, 4.69) is 44.8 Å². The highest BCUT2D eigenvalue weighted by atomic mass is 15.1. The third-order valence-electron chi connectivity index (χ3n) is 5.02. The van der Waals surface area contributed by atoms with E-state index in [9.17, 15) is 0 Å². The Kier molecular flexibility index (Phi) is 7.38. The standard InChI is InChI=1S/C17H36N2/c1-6-11-18-15(3)17(4,5)14-19-12-8-9-16(7-2)10-13-19/h15-16,18H,6-14H2,1-5H3. The van der Waals surface area contributed by atoms with Crippen molar-refractivity contribution in [2.24, 2.45) is 11.3 Å². The maximum Gasteiger partial charge on any atom is 0.0102 e. The largest absolute Gasteiger partial charge is 0.314 e. The second kappa shape index (κ2) is 8.26. The molecular formula is C17H36N2. The summed E-state index contributed by atoms with van der Waals surface area (Å²) >= 11 is 0. The second-order valence-electron chi connectivity index (χ2n) is 7.15. The first-order valence-corrected chi connectivity index (χ1v) is 8.45. The number of likely N-dealkylation sites (tertiary alicyclic amines) is 1. The summed E-state index contributed by atoms with van der Waals surface area (Å²) in [5.74, 6) is 0.976. The lowest BCUT2D eigenvalue weighted by atomic mass is 9.84. The van der Waals surface area contributed by atoms with Gasteiger partial charge in [-0.3, -0.25) is 0 Å². The number of hydrogen-bond acceptors (Lipinski definition) is 2. The normalized spacial score (nSPS) is 24.2. The summed E-state index contributed by atoms with van der Waals surface area (Å²) in [6.45, 7) is 16.8. The molecule has 0 bridgehead atoms. The number of hydrogen-bond donors (Lipinski definition) is 1. The van der Waals surface area contributed by atoms with Crippen LogP contribution >= 0.6 is 0 Å². The van der Waals surface area contributed by atoms with Gasteiger partial charge in [-0.25, -0.2) is 0 Å². The van der Waals surface area contributed by atoms with E-state index in [0.717, 1.165) is 12.5 Å². The average molecular weight is 268 g/mol. The van der Waals surface area contributed by atoms with Crippen molar-refractivity contribution in [1.29, 1.82) is 0 Å². The van der Waals surface area contributed by atoms with Crippen LogP contribution in [0.1, 0.15) is 66.7 Å². The van der Waals surface area contributed by atoms with Crippen molar-refractivity contribution in [3.63, 3.8) is 0 Å². The Hall–Kier alpha value is -0.0800. The lowest BCUT2D eigenvalue weighted by Gasteiger charge is -2.37. The zero-order chi connectivity index (χ0) is 14.3. The highest BCUT2D eigenvalue weighted by Crippen LogP contribution is 2.26. The van der Waals surface area contributed by atoms with Gasteiger partial charge in [0.25, 0.3) is 0 Å². The molecule has 0 radical (unpaired) electrons. The molecule has 1 heterocycles. The molecule has 0 aromatic heterocycles. The van der Waals surface area contributed by atoms with E-state index < -0.39 is 0 Å². The maximum absolute atomic E-state index is 3.67. The summed E-state index contributed by atoms with van der Waals surface area (Å²) in [5, 5.41) is 3.67. The molecule has 2 heteroatoms. The van der Waals surface area contributed by atoms with Crippen molar-refractivity contribution < 1.29 is 0 Å². The van der Waals surface area contributed by atoms with Crippen molar-refractivity contribution >= 4 is 0 Å². The smallest absolute Gasteiger partial charge is 0.0102 e. The predicted octanol–water partition coefficient (Wildman–Crippen LogP) is 3.91. The van der Waals surface area contributed by atoms with Crippen LogP contribution in [0.4, 0.5) is 0 Å². The summed E-state index contributed by atoms with van der Waals surface area (Å²) in [6, 6.07) is 0.595. The molecular weight excluding hydrogens is 232 g/mol. The predicted molar refractivity (Wildman–Crippen MR) is 85.6 cm³/mol. The van der Waals surface area contributed by atoms with Crippen LogP contribution in [0.2, 0.25) is 0 Å². The zero-order valence-electron chi connectivity index (χ0n) is 14.0. The summed E-state index contributed by atoms with van der Waals surface area (Å²) in [5.41, 5.74) is 0.362. The van der Waals surface area contributed by atoms with Crippen LogP contribution in [-0.4, -0.2) is 37.1 Å². The molecule has 1 aliphatic rings. The first kappa shape index (κ1) is 17.0. The minimum atomic E-state index is 0.362. The van der Waals surface area contributed by atoms with E-state index in [-0.39, 0.29) is 0 Å². The quantitative estimate of drug-likeness (QED) is 0.753. The Morgan fingerprint density at radius 1 is 1.21 bits per heavy atom. The van der Waals surface area contributed by atoms with Gasteiger partial charge >= 0.3 is 0 Å². The van der Waals surface area contributed by atoms with Crippen molar-refractivity contribution in [2.75, 3.05) is 26.2 Å². The van der Waals surface area contributed by atoms with Crippen LogP contribution in [0.3, 0.4) is 0 Å². The lowest BCUT2D eigenvalue weighted by Crippen LogP contribution is -2.47. The van der Waals surface area contributed by atoms with Gasteiger partial charge in [0, 0.05) is 12.6 Å². The lowest BCUT2D eigenvalue weighted by molar-refractivity contribution is 0.145. The molecule has 1 rings (SSSR count). The Bertz CT molecular complexity index is 237. The molecule has 114 valence electrons. The van der Waals surface area contributed by atoms with Crippen LogP contribution in [0.25, 0.3) is 0 Å². The van der Waals surface area contributed by atoms with E-state index in [4.69, 9.17) is 0 Å². The summed E-state index contributed by atoms with van der Waals surface area (Å²) < 4.78 is 0. The molecule has 0 aromatic carbocycles. The zero-order valence-corrected chi connectivity index (χ0v) is 14.0. The molecule has 0 spiro atoms. The fourth-order valence-corrected chi connectivity index (χ4v) is 3.14. The van der Waals surface area contributed by atoms with Crippen LogP contribution in [0, 0.1) is 11.3 Å². The molecule has 19 heavy (non-hydrogen) atoms. The van der Waals surface area contributed by atoms with E-state index in [1.807, 2.05) is 0 Å². The van der Waals surface area contributed by atoms with Crippen molar-refractivity contribution in [2.45, 2.75) is 72.8 Å². The van der Waals surface area contributed by atoms with Crippen LogP contribution in [0.15, 0.2) is 0 Å². The number of rotatable bonds is 7. The van der Waals surface area contributed by atoms with Gasteiger partial charge < -0.3 is 10.2 Å². The van der Waals surface area contributed by atoms with Gasteiger partial charge in [-0.1, -0.05) is 34.1 Å². The van der Waals surface area contributed by atoms with E-state index in [1.54, 1.807) is 0 Å². The van der Waals surface area contributed by atoms with Gasteiger partial charge in [-0.05, 0) is 63.6 Å².